The summed E-state index contributed by atoms with van der Waals surface area (Å²) in [6.45, 7) is 2.52. The van der Waals surface area contributed by atoms with Gasteiger partial charge in [0, 0.05) is 0 Å². The van der Waals surface area contributed by atoms with Gasteiger partial charge in [0.15, 0.2) is 0 Å². The average Bonchev–Trinajstić information content (AvgIpc) is 2.04. The van der Waals surface area contributed by atoms with E-state index in [9.17, 15) is 4.79 Å². The average molecular weight is 158 g/mol. The number of hydroxylamine groups is 1. The van der Waals surface area contributed by atoms with E-state index >= 15 is 0 Å². The first-order valence-corrected chi connectivity index (χ1v) is 3.58. The minimum atomic E-state index is -0.874. The van der Waals surface area contributed by atoms with Crippen LogP contribution in [-0.4, -0.2) is 12.6 Å². The number of hydrogen-bond donors (Lipinski definition) is 1. The van der Waals surface area contributed by atoms with Crippen molar-refractivity contribution in [2.75, 3.05) is 6.61 Å². The second-order valence-electron chi connectivity index (χ2n) is 2.06. The molecule has 0 rings (SSSR count). The van der Waals surface area contributed by atoms with Crippen LogP contribution in [0.3, 0.4) is 0 Å². The van der Waals surface area contributed by atoms with Crippen molar-refractivity contribution in [3.05, 3.63) is 0 Å². The number of rotatable bonds is 5. The summed E-state index contributed by atoms with van der Waals surface area (Å²) < 4.78 is 0. The number of amides is 2. The van der Waals surface area contributed by atoms with Gasteiger partial charge in [-0.3, -0.25) is 4.84 Å². The zero-order valence-corrected chi connectivity index (χ0v) is 6.54. The monoisotopic (exact) mass is 158 g/mol. The van der Waals surface area contributed by atoms with Crippen molar-refractivity contribution in [3.8, 4) is 0 Å². The largest absolute Gasteiger partial charge is 0.384 e. The van der Waals surface area contributed by atoms with Crippen molar-refractivity contribution in [1.82, 2.24) is 11.0 Å². The van der Waals surface area contributed by atoms with Crippen molar-refractivity contribution in [2.45, 2.75) is 26.2 Å². The molecule has 0 aromatic carbocycles. The molecular weight excluding hydrogens is 146 g/mol. The molecule has 0 heterocycles. The minimum absolute atomic E-state index is 0.453. The summed E-state index contributed by atoms with van der Waals surface area (Å²) in [5.41, 5.74) is 9.81. The van der Waals surface area contributed by atoms with Crippen molar-refractivity contribution in [3.63, 3.8) is 0 Å². The minimum Gasteiger partial charge on any atom is -0.272 e. The van der Waals surface area contributed by atoms with Gasteiger partial charge in [-0.1, -0.05) is 24.9 Å². The molecule has 0 fully saturated rings. The van der Waals surface area contributed by atoms with E-state index in [2.05, 4.69) is 16.9 Å². The van der Waals surface area contributed by atoms with E-state index in [0.717, 1.165) is 19.3 Å². The molecule has 0 aliphatic rings. The number of carbonyl (C=O) groups excluding carboxylic acids is 1. The summed E-state index contributed by atoms with van der Waals surface area (Å²) in [7, 11) is 0. The van der Waals surface area contributed by atoms with E-state index in [1.54, 1.807) is 0 Å². The number of nitrogens with zero attached hydrogens (tertiary/aromatic N) is 2. The van der Waals surface area contributed by atoms with Gasteiger partial charge in [-0.25, -0.2) is 10.3 Å². The molecule has 0 aliphatic carbocycles. The van der Waals surface area contributed by atoms with Crippen LogP contribution in [0.15, 0.2) is 5.11 Å². The zero-order valence-electron chi connectivity index (χ0n) is 6.54. The van der Waals surface area contributed by atoms with Crippen LogP contribution in [0.5, 0.6) is 0 Å². The highest BCUT2D eigenvalue weighted by atomic mass is 16.7. The molecule has 0 aromatic rings. The number of carbonyl (C=O) groups is 1. The summed E-state index contributed by atoms with van der Waals surface area (Å²) in [5, 5.41) is 2.33. The first-order chi connectivity index (χ1) is 5.31. The molecule has 2 amide bonds. The lowest BCUT2D eigenvalue weighted by Gasteiger charge is -1.99. The van der Waals surface area contributed by atoms with Gasteiger partial charge in [0.25, 0.3) is 0 Å². The zero-order chi connectivity index (χ0) is 8.53. The lowest BCUT2D eigenvalue weighted by atomic mass is 10.3. The van der Waals surface area contributed by atoms with Crippen LogP contribution in [0.25, 0.3) is 0 Å². The Balaban J connectivity index is 3.01. The molecule has 5 nitrogen and oxygen atoms in total. The van der Waals surface area contributed by atoms with E-state index < -0.39 is 6.03 Å². The van der Waals surface area contributed by atoms with Crippen molar-refractivity contribution in [2.24, 2.45) is 5.11 Å². The number of urea groups is 1. The Bertz CT molecular complexity index is 127. The summed E-state index contributed by atoms with van der Waals surface area (Å²) >= 11 is 0. The third-order valence-electron chi connectivity index (χ3n) is 1.10. The van der Waals surface area contributed by atoms with Crippen molar-refractivity contribution < 1.29 is 9.63 Å². The summed E-state index contributed by atoms with van der Waals surface area (Å²) in [4.78, 5) is 14.8. The van der Waals surface area contributed by atoms with Gasteiger partial charge in [-0.05, 0) is 12.0 Å². The second kappa shape index (κ2) is 7.14. The van der Waals surface area contributed by atoms with E-state index in [4.69, 9.17) is 5.53 Å². The molecular formula is C6H12N3O2. The fourth-order valence-corrected chi connectivity index (χ4v) is 0.557. The van der Waals surface area contributed by atoms with Gasteiger partial charge in [0.05, 0.1) is 6.61 Å². The molecule has 0 saturated heterocycles. The summed E-state index contributed by atoms with van der Waals surface area (Å²) in [6.07, 6.45) is 3.05. The Morgan fingerprint density at radius 2 is 2.36 bits per heavy atom. The Morgan fingerprint density at radius 3 is 2.91 bits per heavy atom. The van der Waals surface area contributed by atoms with Crippen LogP contribution in [0.4, 0.5) is 4.79 Å². The van der Waals surface area contributed by atoms with E-state index in [1.165, 1.54) is 0 Å². The lowest BCUT2D eigenvalue weighted by molar-refractivity contribution is 0.0615. The Morgan fingerprint density at radius 1 is 1.64 bits per heavy atom. The van der Waals surface area contributed by atoms with Gasteiger partial charge in [0.1, 0.15) is 0 Å². The molecule has 11 heavy (non-hydrogen) atoms. The van der Waals surface area contributed by atoms with Crippen molar-refractivity contribution in [1.29, 1.82) is 0 Å². The SMILES string of the molecule is CCCCCONC(=O)N=[N]. The molecule has 0 aliphatic heterocycles. The smallest absolute Gasteiger partial charge is 0.272 e. The predicted molar refractivity (Wildman–Crippen MR) is 38.6 cm³/mol. The molecule has 0 bridgehead atoms. The van der Waals surface area contributed by atoms with Crippen LogP contribution in [0, 0.1) is 0 Å². The molecule has 0 atom stereocenters. The third kappa shape index (κ3) is 6.92. The highest BCUT2D eigenvalue weighted by Crippen LogP contribution is 1.92. The molecule has 0 aromatic heterocycles. The predicted octanol–water partition coefficient (Wildman–Crippen LogP) is 1.07. The Labute approximate surface area is 65.6 Å². The molecule has 0 saturated carbocycles. The summed E-state index contributed by atoms with van der Waals surface area (Å²) in [5.74, 6) is 0. The van der Waals surface area contributed by atoms with Gasteiger partial charge in [-0.15, -0.1) is 0 Å². The van der Waals surface area contributed by atoms with Crippen LogP contribution in [-0.2, 0) is 4.84 Å². The normalized spacial score (nSPS) is 9.18. The van der Waals surface area contributed by atoms with Gasteiger partial charge >= 0.3 is 6.03 Å². The first kappa shape index (κ1) is 10.0. The standard InChI is InChI=1S/C6H12N3O2/c1-2-3-4-5-11-9-6(10)8-7/h2-5H2,1H3,(H,9,10). The Kier molecular flexibility index (Phi) is 6.51. The fraction of sp³-hybridized carbons (Fsp3) is 0.833. The molecule has 0 unspecified atom stereocenters. The number of unbranched alkanes of at least 4 members (excludes halogenated alkanes) is 2. The lowest BCUT2D eigenvalue weighted by Crippen LogP contribution is -2.20. The second-order valence-corrected chi connectivity index (χ2v) is 2.06. The highest BCUT2D eigenvalue weighted by Gasteiger charge is 1.94. The van der Waals surface area contributed by atoms with Gasteiger partial charge in [0.2, 0.25) is 0 Å². The van der Waals surface area contributed by atoms with Crippen LogP contribution in [0.2, 0.25) is 0 Å². The van der Waals surface area contributed by atoms with E-state index in [0.29, 0.717) is 6.61 Å². The third-order valence-corrected chi connectivity index (χ3v) is 1.10. The number of hydrogen-bond acceptors (Lipinski definition) is 2. The van der Waals surface area contributed by atoms with E-state index in [-0.39, 0.29) is 0 Å². The first-order valence-electron chi connectivity index (χ1n) is 3.58. The maximum absolute atomic E-state index is 10.2. The fourth-order valence-electron chi connectivity index (χ4n) is 0.557. The highest BCUT2D eigenvalue weighted by molar-refractivity contribution is 5.72. The van der Waals surface area contributed by atoms with E-state index in [1.807, 2.05) is 5.48 Å². The molecule has 63 valence electrons. The number of nitrogens with one attached hydrogen (secondary N) is 1. The Hall–Kier alpha value is -0.970. The van der Waals surface area contributed by atoms with Gasteiger partial charge < -0.3 is 0 Å². The van der Waals surface area contributed by atoms with Crippen LogP contribution < -0.4 is 11.0 Å². The maximum Gasteiger partial charge on any atom is 0.384 e. The topological polar surface area (TPSA) is 73.0 Å². The van der Waals surface area contributed by atoms with Crippen LogP contribution >= 0.6 is 0 Å². The maximum atomic E-state index is 10.2. The molecule has 0 spiro atoms. The molecule has 5 heteroatoms. The van der Waals surface area contributed by atoms with Crippen LogP contribution in [0.1, 0.15) is 26.2 Å². The van der Waals surface area contributed by atoms with Crippen molar-refractivity contribution >= 4 is 6.03 Å². The van der Waals surface area contributed by atoms with Gasteiger partial charge in [-0.2, -0.15) is 0 Å². The summed E-state index contributed by atoms with van der Waals surface area (Å²) in [6, 6.07) is -0.874. The molecule has 1 N–H and O–H groups in total. The molecule has 1 radical (unpaired) electrons. The quantitative estimate of drug-likeness (QED) is 0.369.